The van der Waals surface area contributed by atoms with Gasteiger partial charge in [-0.05, 0) is 55.8 Å². The molecular weight excluding hydrogens is 326 g/mol. The summed E-state index contributed by atoms with van der Waals surface area (Å²) in [6, 6.07) is 7.90. The van der Waals surface area contributed by atoms with Gasteiger partial charge in [-0.25, -0.2) is 0 Å². The second-order valence-electron chi connectivity index (χ2n) is 6.52. The van der Waals surface area contributed by atoms with E-state index in [9.17, 15) is 9.59 Å². The molecule has 1 heterocycles. The largest absolute Gasteiger partial charge is 0.351 e. The Labute approximate surface area is 149 Å². The standard InChI is InChI=1S/C18H25N3O2.ClH/c22-17(13-19-11-14-4-5-14)20-12-15-6-8-16(9-7-15)21-10-2-1-3-18(21)23;/h6-9,14,19H,1-5,10-13H2,(H,20,22);1H. The van der Waals surface area contributed by atoms with Crippen LogP contribution >= 0.6 is 12.4 Å². The third kappa shape index (κ3) is 5.49. The molecule has 2 amide bonds. The third-order valence-corrected chi connectivity index (χ3v) is 4.48. The Morgan fingerprint density at radius 2 is 1.92 bits per heavy atom. The van der Waals surface area contributed by atoms with Crippen molar-refractivity contribution in [2.24, 2.45) is 5.92 Å². The van der Waals surface area contributed by atoms with Crippen LogP contribution < -0.4 is 15.5 Å². The fourth-order valence-electron chi connectivity index (χ4n) is 2.85. The van der Waals surface area contributed by atoms with Crippen LogP contribution in [0.15, 0.2) is 24.3 Å². The van der Waals surface area contributed by atoms with Gasteiger partial charge in [0, 0.05) is 25.2 Å². The Morgan fingerprint density at radius 1 is 1.17 bits per heavy atom. The quantitative estimate of drug-likeness (QED) is 0.792. The molecule has 0 atom stereocenters. The molecule has 1 saturated heterocycles. The maximum absolute atomic E-state index is 11.9. The highest BCUT2D eigenvalue weighted by Crippen LogP contribution is 2.27. The number of amides is 2. The zero-order chi connectivity index (χ0) is 16.1. The molecule has 1 aliphatic carbocycles. The smallest absolute Gasteiger partial charge is 0.234 e. The lowest BCUT2D eigenvalue weighted by atomic mass is 10.1. The highest BCUT2D eigenvalue weighted by atomic mass is 35.5. The van der Waals surface area contributed by atoms with Gasteiger partial charge in [0.05, 0.1) is 6.54 Å². The maximum atomic E-state index is 11.9. The van der Waals surface area contributed by atoms with Crippen LogP contribution in [0, 0.1) is 5.92 Å². The van der Waals surface area contributed by atoms with Crippen LogP contribution in [0.5, 0.6) is 0 Å². The van der Waals surface area contributed by atoms with Gasteiger partial charge < -0.3 is 15.5 Å². The van der Waals surface area contributed by atoms with Gasteiger partial charge in [-0.3, -0.25) is 9.59 Å². The molecule has 0 unspecified atom stereocenters. The molecule has 2 aliphatic rings. The van der Waals surface area contributed by atoms with Crippen molar-refractivity contribution in [3.63, 3.8) is 0 Å². The first-order valence-electron chi connectivity index (χ1n) is 8.59. The van der Waals surface area contributed by atoms with Gasteiger partial charge >= 0.3 is 0 Å². The first kappa shape index (κ1) is 18.7. The van der Waals surface area contributed by atoms with E-state index in [1.807, 2.05) is 29.2 Å². The van der Waals surface area contributed by atoms with Gasteiger partial charge in [-0.2, -0.15) is 0 Å². The summed E-state index contributed by atoms with van der Waals surface area (Å²) in [5.74, 6) is 1.02. The molecule has 5 nitrogen and oxygen atoms in total. The molecule has 132 valence electrons. The number of carbonyl (C=O) groups is 2. The minimum Gasteiger partial charge on any atom is -0.351 e. The number of anilines is 1. The van der Waals surface area contributed by atoms with Crippen LogP contribution in [-0.2, 0) is 16.1 Å². The summed E-state index contributed by atoms with van der Waals surface area (Å²) in [5, 5.41) is 6.10. The number of carbonyl (C=O) groups excluding carboxylic acids is 2. The first-order chi connectivity index (χ1) is 11.2. The maximum Gasteiger partial charge on any atom is 0.234 e. The average Bonchev–Trinajstić information content (AvgIpc) is 3.38. The highest BCUT2D eigenvalue weighted by molar-refractivity contribution is 5.93. The second kappa shape index (κ2) is 9.04. The molecular formula is C18H26ClN3O2. The van der Waals surface area contributed by atoms with Crippen molar-refractivity contribution in [2.45, 2.75) is 38.6 Å². The van der Waals surface area contributed by atoms with Crippen LogP contribution in [-0.4, -0.2) is 31.4 Å². The highest BCUT2D eigenvalue weighted by Gasteiger charge is 2.21. The Morgan fingerprint density at radius 3 is 2.58 bits per heavy atom. The van der Waals surface area contributed by atoms with E-state index < -0.39 is 0 Å². The van der Waals surface area contributed by atoms with Gasteiger partial charge in [0.1, 0.15) is 0 Å². The van der Waals surface area contributed by atoms with Gasteiger partial charge in [-0.1, -0.05) is 12.1 Å². The molecule has 2 fully saturated rings. The fourth-order valence-corrected chi connectivity index (χ4v) is 2.85. The Balaban J connectivity index is 0.00000208. The molecule has 1 aliphatic heterocycles. The number of hydrogen-bond acceptors (Lipinski definition) is 3. The first-order valence-corrected chi connectivity index (χ1v) is 8.59. The molecule has 2 N–H and O–H groups in total. The van der Waals surface area contributed by atoms with Crippen LogP contribution in [0.4, 0.5) is 5.69 Å². The van der Waals surface area contributed by atoms with Crippen LogP contribution in [0.25, 0.3) is 0 Å². The molecule has 24 heavy (non-hydrogen) atoms. The summed E-state index contributed by atoms with van der Waals surface area (Å²) in [5.41, 5.74) is 2.00. The predicted octanol–water partition coefficient (Wildman–Crippen LogP) is 2.24. The minimum absolute atomic E-state index is 0. The van der Waals surface area contributed by atoms with Crippen molar-refractivity contribution < 1.29 is 9.59 Å². The molecule has 1 saturated carbocycles. The molecule has 0 bridgehead atoms. The third-order valence-electron chi connectivity index (χ3n) is 4.48. The van der Waals surface area contributed by atoms with E-state index in [-0.39, 0.29) is 24.2 Å². The number of rotatable bonds is 7. The number of nitrogens with zero attached hydrogens (tertiary/aromatic N) is 1. The minimum atomic E-state index is 0. The van der Waals surface area contributed by atoms with Crippen LogP contribution in [0.3, 0.4) is 0 Å². The Hall–Kier alpha value is -1.59. The molecule has 1 aromatic rings. The van der Waals surface area contributed by atoms with Crippen molar-refractivity contribution in [1.29, 1.82) is 0 Å². The van der Waals surface area contributed by atoms with E-state index in [4.69, 9.17) is 0 Å². The topological polar surface area (TPSA) is 61.4 Å². The lowest BCUT2D eigenvalue weighted by molar-refractivity contribution is -0.120. The average molecular weight is 352 g/mol. The molecule has 0 aromatic heterocycles. The summed E-state index contributed by atoms with van der Waals surface area (Å²) >= 11 is 0. The van der Waals surface area contributed by atoms with Gasteiger partial charge in [-0.15, -0.1) is 12.4 Å². The van der Waals surface area contributed by atoms with Crippen LogP contribution in [0.2, 0.25) is 0 Å². The Kier molecular flexibility index (Phi) is 7.06. The SMILES string of the molecule is Cl.O=C(CNCC1CC1)NCc1ccc(N2CCCCC2=O)cc1. The van der Waals surface area contributed by atoms with Crippen molar-refractivity contribution in [3.05, 3.63) is 29.8 Å². The normalized spacial score (nSPS) is 17.3. The second-order valence-corrected chi connectivity index (χ2v) is 6.52. The molecule has 1 aromatic carbocycles. The number of benzene rings is 1. The Bertz CT molecular complexity index is 558. The zero-order valence-electron chi connectivity index (χ0n) is 13.9. The lowest BCUT2D eigenvalue weighted by Gasteiger charge is -2.26. The predicted molar refractivity (Wildman–Crippen MR) is 97.3 cm³/mol. The number of halogens is 1. The number of hydrogen-bond donors (Lipinski definition) is 2. The summed E-state index contributed by atoms with van der Waals surface area (Å²) < 4.78 is 0. The van der Waals surface area contributed by atoms with E-state index in [1.165, 1.54) is 12.8 Å². The summed E-state index contributed by atoms with van der Waals surface area (Å²) in [6.07, 6.45) is 5.29. The number of nitrogens with one attached hydrogen (secondary N) is 2. The van der Waals surface area contributed by atoms with Crippen molar-refractivity contribution in [2.75, 3.05) is 24.5 Å². The van der Waals surface area contributed by atoms with E-state index in [1.54, 1.807) is 0 Å². The number of piperidine rings is 1. The molecule has 0 spiro atoms. The fraction of sp³-hybridized carbons (Fsp3) is 0.556. The van der Waals surface area contributed by atoms with E-state index in [0.29, 0.717) is 19.5 Å². The molecule has 3 rings (SSSR count). The van der Waals surface area contributed by atoms with E-state index in [2.05, 4.69) is 10.6 Å². The van der Waals surface area contributed by atoms with E-state index >= 15 is 0 Å². The van der Waals surface area contributed by atoms with Crippen molar-refractivity contribution >= 4 is 29.9 Å². The zero-order valence-corrected chi connectivity index (χ0v) is 14.7. The molecule has 0 radical (unpaired) electrons. The van der Waals surface area contributed by atoms with Gasteiger partial charge in [0.15, 0.2) is 0 Å². The van der Waals surface area contributed by atoms with Crippen LogP contribution in [0.1, 0.15) is 37.7 Å². The van der Waals surface area contributed by atoms with Crippen molar-refractivity contribution in [3.8, 4) is 0 Å². The lowest BCUT2D eigenvalue weighted by Crippen LogP contribution is -2.35. The monoisotopic (exact) mass is 351 g/mol. The van der Waals surface area contributed by atoms with E-state index in [0.717, 1.165) is 43.1 Å². The van der Waals surface area contributed by atoms with Gasteiger partial charge in [0.25, 0.3) is 0 Å². The summed E-state index contributed by atoms with van der Waals surface area (Å²) in [7, 11) is 0. The van der Waals surface area contributed by atoms with Crippen molar-refractivity contribution in [1.82, 2.24) is 10.6 Å². The molecule has 6 heteroatoms. The summed E-state index contributed by atoms with van der Waals surface area (Å²) in [6.45, 7) is 2.67. The summed E-state index contributed by atoms with van der Waals surface area (Å²) in [4.78, 5) is 25.5. The van der Waals surface area contributed by atoms with Gasteiger partial charge in [0.2, 0.25) is 11.8 Å².